The molecule has 0 fully saturated rings. The van der Waals surface area contributed by atoms with Gasteiger partial charge in [-0.3, -0.25) is 4.63 Å². The van der Waals surface area contributed by atoms with Gasteiger partial charge in [-0.25, -0.2) is 0 Å². The SMILES string of the molecule is N#Cc1cccc2no[n+]([O-])c12. The van der Waals surface area contributed by atoms with E-state index in [9.17, 15) is 5.21 Å². The van der Waals surface area contributed by atoms with Crippen LogP contribution in [0.5, 0.6) is 0 Å². The van der Waals surface area contributed by atoms with E-state index in [1.165, 1.54) is 6.07 Å². The lowest BCUT2D eigenvalue weighted by molar-refractivity contribution is -0.782. The van der Waals surface area contributed by atoms with Gasteiger partial charge < -0.3 is 5.21 Å². The number of rotatable bonds is 0. The second kappa shape index (κ2) is 2.20. The van der Waals surface area contributed by atoms with Crippen molar-refractivity contribution in [1.29, 1.82) is 5.26 Å². The zero-order chi connectivity index (χ0) is 8.55. The molecule has 0 aliphatic carbocycles. The molecule has 0 aliphatic heterocycles. The van der Waals surface area contributed by atoms with Crippen LogP contribution < -0.4 is 4.90 Å². The third-order valence-electron chi connectivity index (χ3n) is 1.53. The summed E-state index contributed by atoms with van der Waals surface area (Å²) in [5.41, 5.74) is 0.841. The Morgan fingerprint density at radius 1 is 1.58 bits per heavy atom. The Morgan fingerprint density at radius 2 is 2.42 bits per heavy atom. The molecule has 0 N–H and O–H groups in total. The lowest BCUT2D eigenvalue weighted by Gasteiger charge is -1.87. The highest BCUT2D eigenvalue weighted by atomic mass is 16.8. The molecule has 0 amide bonds. The summed E-state index contributed by atoms with van der Waals surface area (Å²) in [5, 5.41) is 23.0. The molecule has 12 heavy (non-hydrogen) atoms. The zero-order valence-corrected chi connectivity index (χ0v) is 5.89. The van der Waals surface area contributed by atoms with E-state index in [0.29, 0.717) is 5.52 Å². The molecule has 1 heterocycles. The molecule has 0 atom stereocenters. The van der Waals surface area contributed by atoms with Crippen LogP contribution in [-0.2, 0) is 0 Å². The summed E-state index contributed by atoms with van der Waals surface area (Å²) in [7, 11) is 0. The monoisotopic (exact) mass is 161 g/mol. The maximum atomic E-state index is 10.9. The Labute approximate surface area is 67.0 Å². The van der Waals surface area contributed by atoms with E-state index in [4.69, 9.17) is 5.26 Å². The smallest absolute Gasteiger partial charge is 0.249 e. The van der Waals surface area contributed by atoms with Gasteiger partial charge in [0.2, 0.25) is 11.0 Å². The van der Waals surface area contributed by atoms with Crippen molar-refractivity contribution in [1.82, 2.24) is 5.16 Å². The lowest BCUT2D eigenvalue weighted by atomic mass is 10.2. The number of nitrogens with zero attached hydrogens (tertiary/aromatic N) is 3. The highest BCUT2D eigenvalue weighted by molar-refractivity contribution is 5.76. The second-order valence-electron chi connectivity index (χ2n) is 2.22. The normalized spacial score (nSPS) is 9.92. The summed E-state index contributed by atoms with van der Waals surface area (Å²) in [4.78, 5) is 0.230. The molecule has 0 saturated carbocycles. The van der Waals surface area contributed by atoms with Gasteiger partial charge >= 0.3 is 0 Å². The summed E-state index contributed by atoms with van der Waals surface area (Å²) >= 11 is 0. The predicted octanol–water partition coefficient (Wildman–Crippen LogP) is 0.333. The summed E-state index contributed by atoms with van der Waals surface area (Å²) in [6, 6.07) is 6.66. The van der Waals surface area contributed by atoms with Crippen molar-refractivity contribution in [2.75, 3.05) is 0 Å². The number of nitriles is 1. The number of aromatic nitrogens is 2. The van der Waals surface area contributed by atoms with E-state index in [0.717, 1.165) is 0 Å². The maximum Gasteiger partial charge on any atom is 0.249 e. The Hall–Kier alpha value is -2.09. The fraction of sp³-hybridized carbons (Fsp3) is 0. The summed E-state index contributed by atoms with van der Waals surface area (Å²) < 4.78 is 4.32. The molecule has 0 saturated heterocycles. The number of benzene rings is 1. The highest BCUT2D eigenvalue weighted by Crippen LogP contribution is 2.11. The molecule has 0 spiro atoms. The molecule has 0 radical (unpaired) electrons. The first-order valence-corrected chi connectivity index (χ1v) is 3.21. The van der Waals surface area contributed by atoms with Crippen molar-refractivity contribution >= 4 is 11.0 Å². The number of fused-ring (bicyclic) bond motifs is 1. The number of para-hydroxylation sites is 1. The largest absolute Gasteiger partial charge is 0.359 e. The third-order valence-corrected chi connectivity index (χ3v) is 1.53. The van der Waals surface area contributed by atoms with Crippen LogP contribution in [0.4, 0.5) is 0 Å². The van der Waals surface area contributed by atoms with Crippen LogP contribution in [0.25, 0.3) is 11.0 Å². The van der Waals surface area contributed by atoms with Crippen molar-refractivity contribution in [2.45, 2.75) is 0 Å². The highest BCUT2D eigenvalue weighted by Gasteiger charge is 2.12. The zero-order valence-electron chi connectivity index (χ0n) is 5.89. The van der Waals surface area contributed by atoms with Crippen LogP contribution >= 0.6 is 0 Å². The standard InChI is InChI=1S/C7H3N3O2/c8-4-5-2-1-3-6-7(5)10(11)12-9-6/h1-3H. The summed E-state index contributed by atoms with van der Waals surface area (Å²) in [5.74, 6) is 0. The average molecular weight is 161 g/mol. The van der Waals surface area contributed by atoms with Gasteiger partial charge in [-0.1, -0.05) is 6.07 Å². The Balaban J connectivity index is 2.96. The molecule has 2 rings (SSSR count). The van der Waals surface area contributed by atoms with Gasteiger partial charge in [0.15, 0.2) is 0 Å². The van der Waals surface area contributed by atoms with Crippen molar-refractivity contribution in [3.8, 4) is 6.07 Å². The molecule has 0 bridgehead atoms. The molecule has 0 aliphatic rings. The maximum absolute atomic E-state index is 10.9. The van der Waals surface area contributed by atoms with E-state index >= 15 is 0 Å². The van der Waals surface area contributed by atoms with E-state index < -0.39 is 0 Å². The van der Waals surface area contributed by atoms with Crippen LogP contribution in [0.3, 0.4) is 0 Å². The second-order valence-corrected chi connectivity index (χ2v) is 2.22. The Kier molecular flexibility index (Phi) is 1.21. The van der Waals surface area contributed by atoms with Gasteiger partial charge in [0.1, 0.15) is 11.6 Å². The van der Waals surface area contributed by atoms with E-state index in [1.54, 1.807) is 12.1 Å². The first-order chi connectivity index (χ1) is 5.83. The van der Waals surface area contributed by atoms with Gasteiger partial charge in [-0.15, -0.1) is 0 Å². The van der Waals surface area contributed by atoms with E-state index in [1.807, 2.05) is 6.07 Å². The molecule has 1 aromatic heterocycles. The first-order valence-electron chi connectivity index (χ1n) is 3.21. The van der Waals surface area contributed by atoms with Crippen LogP contribution in [0, 0.1) is 16.5 Å². The molecule has 5 heteroatoms. The minimum Gasteiger partial charge on any atom is -0.359 e. The third kappa shape index (κ3) is 0.720. The Morgan fingerprint density at radius 3 is 3.17 bits per heavy atom. The fourth-order valence-corrected chi connectivity index (χ4v) is 1.01. The van der Waals surface area contributed by atoms with Crippen molar-refractivity contribution in [3.05, 3.63) is 29.0 Å². The fourth-order valence-electron chi connectivity index (χ4n) is 1.01. The quantitative estimate of drug-likeness (QED) is 0.522. The first kappa shape index (κ1) is 6.61. The molecule has 1 aromatic carbocycles. The van der Waals surface area contributed by atoms with Crippen LogP contribution in [-0.4, -0.2) is 5.16 Å². The van der Waals surface area contributed by atoms with Crippen LogP contribution in [0.15, 0.2) is 22.8 Å². The van der Waals surface area contributed by atoms with E-state index in [-0.39, 0.29) is 16.0 Å². The van der Waals surface area contributed by atoms with Gasteiger partial charge in [0.05, 0.1) is 0 Å². The molecular formula is C7H3N3O2. The molecule has 58 valence electrons. The minimum absolute atomic E-state index is 0.181. The number of hydrogen-bond acceptors (Lipinski definition) is 4. The molecular weight excluding hydrogens is 158 g/mol. The predicted molar refractivity (Wildman–Crippen MR) is 37.7 cm³/mol. The van der Waals surface area contributed by atoms with Crippen LogP contribution in [0.2, 0.25) is 0 Å². The van der Waals surface area contributed by atoms with E-state index in [2.05, 4.69) is 9.79 Å². The average Bonchev–Trinajstić information content (AvgIpc) is 2.48. The topological polar surface area (TPSA) is 76.8 Å². The summed E-state index contributed by atoms with van der Waals surface area (Å²) in [6.07, 6.45) is 0. The van der Waals surface area contributed by atoms with Gasteiger partial charge in [-0.2, -0.15) is 5.26 Å². The van der Waals surface area contributed by atoms with Crippen molar-refractivity contribution in [3.63, 3.8) is 0 Å². The number of hydrogen-bond donors (Lipinski definition) is 0. The summed E-state index contributed by atoms with van der Waals surface area (Å²) in [6.45, 7) is 0. The van der Waals surface area contributed by atoms with Crippen LogP contribution in [0.1, 0.15) is 5.56 Å². The molecule has 5 nitrogen and oxygen atoms in total. The van der Waals surface area contributed by atoms with Crippen molar-refractivity contribution in [2.24, 2.45) is 0 Å². The Bertz CT molecular complexity index is 469. The molecule has 2 aromatic rings. The van der Waals surface area contributed by atoms with Crippen molar-refractivity contribution < 1.29 is 9.53 Å². The van der Waals surface area contributed by atoms with Gasteiger partial charge in [0, 0.05) is 5.16 Å². The van der Waals surface area contributed by atoms with Gasteiger partial charge in [-0.05, 0) is 17.0 Å². The van der Waals surface area contributed by atoms with Gasteiger partial charge in [0.25, 0.3) is 0 Å². The molecule has 0 unspecified atom stereocenters. The minimum atomic E-state index is 0.181. The lowest BCUT2D eigenvalue weighted by Crippen LogP contribution is -2.23.